The highest BCUT2D eigenvalue weighted by atomic mass is 16.2. The van der Waals surface area contributed by atoms with Gasteiger partial charge in [-0.05, 0) is 69.4 Å². The van der Waals surface area contributed by atoms with Crippen LogP contribution in [0.2, 0.25) is 0 Å². The minimum atomic E-state index is -0.814. The van der Waals surface area contributed by atoms with Gasteiger partial charge in [-0.3, -0.25) is 9.59 Å². The van der Waals surface area contributed by atoms with E-state index in [0.717, 1.165) is 37.9 Å². The Morgan fingerprint density at radius 3 is 2.69 bits per heavy atom. The smallest absolute Gasteiger partial charge is 0.242 e. The zero-order chi connectivity index (χ0) is 18.0. The lowest BCUT2D eigenvalue weighted by Crippen LogP contribution is -2.47. The van der Waals surface area contributed by atoms with Crippen molar-refractivity contribution in [3.63, 3.8) is 0 Å². The van der Waals surface area contributed by atoms with E-state index in [1.165, 1.54) is 30.4 Å². The lowest BCUT2D eigenvalue weighted by molar-refractivity contribution is -0.135. The lowest BCUT2D eigenvalue weighted by Gasteiger charge is -2.32. The summed E-state index contributed by atoms with van der Waals surface area (Å²) in [6, 6.07) is 8.09. The molecule has 0 unspecified atom stereocenters. The van der Waals surface area contributed by atoms with Gasteiger partial charge in [0.05, 0.1) is 0 Å². The number of aryl methyl sites for hydroxylation is 1. The quantitative estimate of drug-likeness (QED) is 0.648. The van der Waals surface area contributed by atoms with E-state index in [1.807, 2.05) is 23.1 Å². The van der Waals surface area contributed by atoms with Crippen LogP contribution in [0.1, 0.15) is 56.9 Å². The molecule has 1 aromatic carbocycles. The first kappa shape index (κ1) is 17.3. The number of rotatable bonds is 5. The van der Waals surface area contributed by atoms with E-state index in [1.54, 1.807) is 0 Å². The van der Waals surface area contributed by atoms with E-state index >= 15 is 0 Å². The third kappa shape index (κ3) is 3.29. The van der Waals surface area contributed by atoms with Gasteiger partial charge < -0.3 is 10.2 Å². The predicted molar refractivity (Wildman–Crippen MR) is 103 cm³/mol. The summed E-state index contributed by atoms with van der Waals surface area (Å²) < 4.78 is 0. The van der Waals surface area contributed by atoms with Crippen LogP contribution >= 0.6 is 0 Å². The van der Waals surface area contributed by atoms with Crippen LogP contribution < -0.4 is 10.2 Å². The Morgan fingerprint density at radius 1 is 1.08 bits per heavy atom. The van der Waals surface area contributed by atoms with Gasteiger partial charge in [0.25, 0.3) is 0 Å². The lowest BCUT2D eigenvalue weighted by atomic mass is 9.96. The molecule has 1 aromatic rings. The first-order chi connectivity index (χ1) is 12.7. The van der Waals surface area contributed by atoms with Crippen molar-refractivity contribution in [2.24, 2.45) is 5.41 Å². The summed E-state index contributed by atoms with van der Waals surface area (Å²) in [4.78, 5) is 27.8. The van der Waals surface area contributed by atoms with Gasteiger partial charge in [-0.1, -0.05) is 29.8 Å². The van der Waals surface area contributed by atoms with Crippen LogP contribution in [0.3, 0.4) is 0 Å². The van der Waals surface area contributed by atoms with Crippen molar-refractivity contribution < 1.29 is 9.59 Å². The summed E-state index contributed by atoms with van der Waals surface area (Å²) in [6.45, 7) is 1.37. The zero-order valence-electron chi connectivity index (χ0n) is 15.4. The van der Waals surface area contributed by atoms with Crippen molar-refractivity contribution in [3.05, 3.63) is 41.5 Å². The molecule has 26 heavy (non-hydrogen) atoms. The van der Waals surface area contributed by atoms with Crippen molar-refractivity contribution in [1.82, 2.24) is 5.32 Å². The van der Waals surface area contributed by atoms with Crippen molar-refractivity contribution in [3.8, 4) is 0 Å². The third-order valence-electron chi connectivity index (χ3n) is 6.07. The van der Waals surface area contributed by atoms with Crippen molar-refractivity contribution in [2.45, 2.75) is 57.8 Å². The molecular weight excluding hydrogens is 324 g/mol. The number of hydrogen-bond donors (Lipinski definition) is 1. The molecule has 0 bridgehead atoms. The Morgan fingerprint density at radius 2 is 1.92 bits per heavy atom. The molecule has 3 aliphatic rings. The predicted octanol–water partition coefficient (Wildman–Crippen LogP) is 3.75. The molecule has 4 nitrogen and oxygen atoms in total. The molecule has 0 atom stereocenters. The number of benzene rings is 1. The number of anilines is 1. The molecule has 1 heterocycles. The fourth-order valence-corrected chi connectivity index (χ4v) is 4.30. The molecule has 0 radical (unpaired) electrons. The molecule has 0 spiro atoms. The van der Waals surface area contributed by atoms with Gasteiger partial charge in [0.2, 0.25) is 11.8 Å². The molecule has 2 aliphatic carbocycles. The SMILES string of the molecule is O=C(NCCC1=CCCCC1)C1(C(=O)N2CCCc3ccccc32)CC1. The summed E-state index contributed by atoms with van der Waals surface area (Å²) in [7, 11) is 0. The number of fused-ring (bicyclic) bond motifs is 1. The van der Waals surface area contributed by atoms with Crippen LogP contribution in [0.5, 0.6) is 0 Å². The van der Waals surface area contributed by atoms with E-state index < -0.39 is 5.41 Å². The van der Waals surface area contributed by atoms with Crippen molar-refractivity contribution in [2.75, 3.05) is 18.0 Å². The minimum absolute atomic E-state index is 0.000896. The van der Waals surface area contributed by atoms with Crippen LogP contribution in [-0.4, -0.2) is 24.9 Å². The molecule has 1 saturated carbocycles. The molecule has 1 fully saturated rings. The monoisotopic (exact) mass is 352 g/mol. The summed E-state index contributed by atoms with van der Waals surface area (Å²) in [5.41, 5.74) is 2.85. The maximum absolute atomic E-state index is 13.2. The number of hydrogen-bond acceptors (Lipinski definition) is 2. The maximum atomic E-state index is 13.2. The normalized spacial score (nSPS) is 20.8. The van der Waals surface area contributed by atoms with Gasteiger partial charge in [0.1, 0.15) is 5.41 Å². The van der Waals surface area contributed by atoms with Gasteiger partial charge >= 0.3 is 0 Å². The van der Waals surface area contributed by atoms with E-state index in [0.29, 0.717) is 19.4 Å². The molecule has 0 aromatic heterocycles. The molecule has 4 heteroatoms. The highest BCUT2D eigenvalue weighted by Crippen LogP contribution is 2.48. The second-order valence-electron chi connectivity index (χ2n) is 7.89. The second-order valence-corrected chi connectivity index (χ2v) is 7.89. The number of allylic oxidation sites excluding steroid dienone is 1. The number of amides is 2. The number of carbonyl (C=O) groups is 2. The second kappa shape index (κ2) is 7.26. The third-order valence-corrected chi connectivity index (χ3v) is 6.07. The van der Waals surface area contributed by atoms with Crippen LogP contribution in [0.4, 0.5) is 5.69 Å². The maximum Gasteiger partial charge on any atom is 0.242 e. The topological polar surface area (TPSA) is 49.4 Å². The number of nitrogens with one attached hydrogen (secondary N) is 1. The Kier molecular flexibility index (Phi) is 4.84. The fourth-order valence-electron chi connectivity index (χ4n) is 4.30. The van der Waals surface area contributed by atoms with Gasteiger partial charge in [-0.15, -0.1) is 0 Å². The molecular formula is C22H28N2O2. The van der Waals surface area contributed by atoms with E-state index in [4.69, 9.17) is 0 Å². The molecule has 2 amide bonds. The van der Waals surface area contributed by atoms with E-state index in [-0.39, 0.29) is 11.8 Å². The molecule has 4 rings (SSSR count). The highest BCUT2D eigenvalue weighted by molar-refractivity contribution is 6.14. The zero-order valence-corrected chi connectivity index (χ0v) is 15.4. The molecule has 1 N–H and O–H groups in total. The van der Waals surface area contributed by atoms with Crippen molar-refractivity contribution >= 4 is 17.5 Å². The summed E-state index contributed by atoms with van der Waals surface area (Å²) >= 11 is 0. The Bertz CT molecular complexity index is 733. The van der Waals surface area contributed by atoms with Crippen molar-refractivity contribution in [1.29, 1.82) is 0 Å². The number of carbonyl (C=O) groups excluding carboxylic acids is 2. The van der Waals surface area contributed by atoms with Crippen LogP contribution in [0, 0.1) is 5.41 Å². The van der Waals surface area contributed by atoms with Gasteiger partial charge in [0.15, 0.2) is 0 Å². The van der Waals surface area contributed by atoms with Crippen LogP contribution in [0.15, 0.2) is 35.9 Å². The van der Waals surface area contributed by atoms with Crippen LogP contribution in [0.25, 0.3) is 0 Å². The van der Waals surface area contributed by atoms with Gasteiger partial charge in [-0.25, -0.2) is 0 Å². The van der Waals surface area contributed by atoms with E-state index in [2.05, 4.69) is 17.5 Å². The molecule has 138 valence electrons. The summed E-state index contributed by atoms with van der Waals surface area (Å²) in [6.07, 6.45) is 11.4. The average molecular weight is 352 g/mol. The van der Waals surface area contributed by atoms with E-state index in [9.17, 15) is 9.59 Å². The highest BCUT2D eigenvalue weighted by Gasteiger charge is 2.58. The fraction of sp³-hybridized carbons (Fsp3) is 0.545. The largest absolute Gasteiger partial charge is 0.355 e. The van der Waals surface area contributed by atoms with Crippen LogP contribution in [-0.2, 0) is 16.0 Å². The Balaban J connectivity index is 1.40. The number of nitrogens with zero attached hydrogens (tertiary/aromatic N) is 1. The van der Waals surface area contributed by atoms with Gasteiger partial charge in [-0.2, -0.15) is 0 Å². The standard InChI is InChI=1S/C22H28N2O2/c25-20(23-15-12-17-7-2-1-3-8-17)22(13-14-22)21(26)24-16-6-10-18-9-4-5-11-19(18)24/h4-5,7,9,11H,1-3,6,8,10,12-16H2,(H,23,25). The first-order valence-electron chi connectivity index (χ1n) is 10.1. The van der Waals surface area contributed by atoms with Gasteiger partial charge in [0, 0.05) is 18.8 Å². The molecule has 1 aliphatic heterocycles. The molecule has 0 saturated heterocycles. The number of para-hydroxylation sites is 1. The minimum Gasteiger partial charge on any atom is -0.355 e. The Hall–Kier alpha value is -2.10. The first-order valence-corrected chi connectivity index (χ1v) is 10.1. The summed E-state index contributed by atoms with van der Waals surface area (Å²) in [5, 5.41) is 3.05. The average Bonchev–Trinajstić information content (AvgIpc) is 3.50. The Labute approximate surface area is 155 Å². The summed E-state index contributed by atoms with van der Waals surface area (Å²) in [5.74, 6) is -0.0685.